The van der Waals surface area contributed by atoms with Gasteiger partial charge in [0.1, 0.15) is 0 Å². The average molecular weight is 334 g/mol. The summed E-state index contributed by atoms with van der Waals surface area (Å²) < 4.78 is 40.6. The Morgan fingerprint density at radius 3 is 2.17 bits per heavy atom. The zero-order valence-corrected chi connectivity index (χ0v) is 13.7. The van der Waals surface area contributed by atoms with Crippen LogP contribution in [0.1, 0.15) is 11.1 Å². The number of likely N-dealkylation sites (N-methyl/N-ethyl adjacent to an activating group) is 1. The lowest BCUT2D eigenvalue weighted by Gasteiger charge is -2.33. The quantitative estimate of drug-likeness (QED) is 0.833. The number of piperazine rings is 1. The second kappa shape index (κ2) is 6.95. The first-order chi connectivity index (χ1) is 11.4. The zero-order chi connectivity index (χ0) is 17.2. The van der Waals surface area contributed by atoms with Gasteiger partial charge in [0.05, 0.1) is 5.56 Å². The van der Waals surface area contributed by atoms with Gasteiger partial charge in [0.2, 0.25) is 0 Å². The van der Waals surface area contributed by atoms with Crippen molar-refractivity contribution >= 4 is 0 Å². The van der Waals surface area contributed by atoms with Gasteiger partial charge in [-0.25, -0.2) is 0 Å². The van der Waals surface area contributed by atoms with E-state index in [9.17, 15) is 13.2 Å². The molecule has 0 aliphatic carbocycles. The number of benzene rings is 2. The lowest BCUT2D eigenvalue weighted by Crippen LogP contribution is -2.44. The fourth-order valence-electron chi connectivity index (χ4n) is 3.04. The molecule has 2 aromatic carbocycles. The van der Waals surface area contributed by atoms with Crippen molar-refractivity contribution in [3.63, 3.8) is 0 Å². The van der Waals surface area contributed by atoms with Crippen LogP contribution in [0.5, 0.6) is 0 Å². The summed E-state index contributed by atoms with van der Waals surface area (Å²) in [5, 5.41) is 0. The molecule has 0 aromatic heterocycles. The highest BCUT2D eigenvalue weighted by molar-refractivity contribution is 5.65. The normalized spacial score (nSPS) is 17.2. The summed E-state index contributed by atoms with van der Waals surface area (Å²) in [5.41, 5.74) is 1.23. The van der Waals surface area contributed by atoms with Crippen molar-refractivity contribution in [1.82, 2.24) is 9.80 Å². The van der Waals surface area contributed by atoms with Gasteiger partial charge >= 0.3 is 6.18 Å². The van der Waals surface area contributed by atoms with Gasteiger partial charge in [-0.2, -0.15) is 13.2 Å². The number of hydrogen-bond acceptors (Lipinski definition) is 2. The average Bonchev–Trinajstić information content (AvgIpc) is 2.57. The number of hydrogen-bond donors (Lipinski definition) is 0. The van der Waals surface area contributed by atoms with E-state index >= 15 is 0 Å². The molecule has 1 aliphatic heterocycles. The van der Waals surface area contributed by atoms with E-state index in [0.717, 1.165) is 31.7 Å². The van der Waals surface area contributed by atoms with Crippen LogP contribution in [0.4, 0.5) is 13.2 Å². The molecule has 1 fully saturated rings. The molecule has 1 saturated heterocycles. The van der Waals surface area contributed by atoms with E-state index in [1.807, 2.05) is 37.4 Å². The van der Waals surface area contributed by atoms with E-state index in [2.05, 4.69) is 9.80 Å². The molecule has 0 radical (unpaired) electrons. The molecular formula is C19H21F3N2. The Morgan fingerprint density at radius 2 is 1.54 bits per heavy atom. The van der Waals surface area contributed by atoms with E-state index < -0.39 is 11.7 Å². The van der Waals surface area contributed by atoms with Crippen molar-refractivity contribution in [3.05, 3.63) is 59.7 Å². The molecule has 128 valence electrons. The molecule has 0 amide bonds. The monoisotopic (exact) mass is 334 g/mol. The molecule has 0 spiro atoms. The van der Waals surface area contributed by atoms with Crippen LogP contribution >= 0.6 is 0 Å². The van der Waals surface area contributed by atoms with Gasteiger partial charge in [-0.3, -0.25) is 4.90 Å². The summed E-state index contributed by atoms with van der Waals surface area (Å²) in [6.45, 7) is 3.73. The Bertz CT molecular complexity index is 675. The molecule has 3 rings (SSSR count). The number of halogens is 3. The first kappa shape index (κ1) is 17.0. The van der Waals surface area contributed by atoms with E-state index in [0.29, 0.717) is 17.7 Å². The third kappa shape index (κ3) is 3.97. The standard InChI is InChI=1S/C19H21F3N2/c1-23-9-11-24(12-10-23)14-17-8-7-16(13-18(17)19(20,21)22)15-5-3-2-4-6-15/h2-8,13H,9-12,14H2,1H3. The van der Waals surface area contributed by atoms with Gasteiger partial charge in [0.15, 0.2) is 0 Å². The van der Waals surface area contributed by atoms with Crippen LogP contribution in [0, 0.1) is 0 Å². The van der Waals surface area contributed by atoms with Gasteiger partial charge in [0.25, 0.3) is 0 Å². The van der Waals surface area contributed by atoms with Crippen LogP contribution in [0.2, 0.25) is 0 Å². The van der Waals surface area contributed by atoms with Crippen molar-refractivity contribution < 1.29 is 13.2 Å². The second-order valence-electron chi connectivity index (χ2n) is 6.32. The predicted molar refractivity (Wildman–Crippen MR) is 89.7 cm³/mol. The largest absolute Gasteiger partial charge is 0.416 e. The fourth-order valence-corrected chi connectivity index (χ4v) is 3.04. The Hall–Kier alpha value is -1.85. The van der Waals surface area contributed by atoms with Gasteiger partial charge in [-0.05, 0) is 29.8 Å². The zero-order valence-electron chi connectivity index (χ0n) is 13.7. The molecule has 0 bridgehead atoms. The molecule has 5 heteroatoms. The Balaban J connectivity index is 1.89. The SMILES string of the molecule is CN1CCN(Cc2ccc(-c3ccccc3)cc2C(F)(F)F)CC1. The lowest BCUT2D eigenvalue weighted by atomic mass is 9.98. The Morgan fingerprint density at radius 1 is 0.875 bits per heavy atom. The molecular weight excluding hydrogens is 313 g/mol. The van der Waals surface area contributed by atoms with Crippen molar-refractivity contribution in [2.75, 3.05) is 33.2 Å². The maximum absolute atomic E-state index is 13.5. The minimum absolute atomic E-state index is 0.345. The lowest BCUT2D eigenvalue weighted by molar-refractivity contribution is -0.138. The summed E-state index contributed by atoms with van der Waals surface area (Å²) >= 11 is 0. The van der Waals surface area contributed by atoms with Crippen molar-refractivity contribution in [2.45, 2.75) is 12.7 Å². The van der Waals surface area contributed by atoms with E-state index in [1.165, 1.54) is 6.07 Å². The minimum atomic E-state index is -4.34. The highest BCUT2D eigenvalue weighted by atomic mass is 19.4. The van der Waals surface area contributed by atoms with E-state index in [1.54, 1.807) is 12.1 Å². The van der Waals surface area contributed by atoms with E-state index in [-0.39, 0.29) is 0 Å². The summed E-state index contributed by atoms with van der Waals surface area (Å²) in [6.07, 6.45) is -4.34. The summed E-state index contributed by atoms with van der Waals surface area (Å²) in [6, 6.07) is 13.9. The third-order valence-electron chi connectivity index (χ3n) is 4.51. The van der Waals surface area contributed by atoms with Crippen LogP contribution in [0.15, 0.2) is 48.5 Å². The third-order valence-corrected chi connectivity index (χ3v) is 4.51. The van der Waals surface area contributed by atoms with E-state index in [4.69, 9.17) is 0 Å². The smallest absolute Gasteiger partial charge is 0.304 e. The topological polar surface area (TPSA) is 6.48 Å². The molecule has 1 aliphatic rings. The van der Waals surface area contributed by atoms with Crippen LogP contribution < -0.4 is 0 Å². The van der Waals surface area contributed by atoms with Crippen LogP contribution in [0.25, 0.3) is 11.1 Å². The second-order valence-corrected chi connectivity index (χ2v) is 6.32. The Kier molecular flexibility index (Phi) is 4.92. The Labute approximate surface area is 140 Å². The molecule has 0 atom stereocenters. The van der Waals surface area contributed by atoms with Gasteiger partial charge in [-0.1, -0.05) is 42.5 Å². The molecule has 0 N–H and O–H groups in total. The predicted octanol–water partition coefficient (Wildman–Crippen LogP) is 4.12. The van der Waals surface area contributed by atoms with Gasteiger partial charge < -0.3 is 4.90 Å². The molecule has 2 nitrogen and oxygen atoms in total. The van der Waals surface area contributed by atoms with Gasteiger partial charge in [0, 0.05) is 32.7 Å². The summed E-state index contributed by atoms with van der Waals surface area (Å²) in [4.78, 5) is 4.28. The van der Waals surface area contributed by atoms with Crippen LogP contribution in [-0.4, -0.2) is 43.0 Å². The minimum Gasteiger partial charge on any atom is -0.304 e. The maximum Gasteiger partial charge on any atom is 0.416 e. The first-order valence-electron chi connectivity index (χ1n) is 8.10. The maximum atomic E-state index is 13.5. The van der Waals surface area contributed by atoms with Crippen molar-refractivity contribution in [3.8, 4) is 11.1 Å². The number of nitrogens with zero attached hydrogens (tertiary/aromatic N) is 2. The highest BCUT2D eigenvalue weighted by Gasteiger charge is 2.34. The number of rotatable bonds is 3. The van der Waals surface area contributed by atoms with Crippen LogP contribution in [0.3, 0.4) is 0 Å². The van der Waals surface area contributed by atoms with Crippen molar-refractivity contribution in [2.24, 2.45) is 0 Å². The van der Waals surface area contributed by atoms with Crippen molar-refractivity contribution in [1.29, 1.82) is 0 Å². The fraction of sp³-hybridized carbons (Fsp3) is 0.368. The van der Waals surface area contributed by atoms with Crippen LogP contribution in [-0.2, 0) is 12.7 Å². The highest BCUT2D eigenvalue weighted by Crippen LogP contribution is 2.35. The molecule has 2 aromatic rings. The molecule has 1 heterocycles. The summed E-state index contributed by atoms with van der Waals surface area (Å²) in [5.74, 6) is 0. The first-order valence-corrected chi connectivity index (χ1v) is 8.10. The van der Waals surface area contributed by atoms with Gasteiger partial charge in [-0.15, -0.1) is 0 Å². The summed E-state index contributed by atoms with van der Waals surface area (Å²) in [7, 11) is 2.03. The molecule has 0 saturated carbocycles. The number of alkyl halides is 3. The molecule has 24 heavy (non-hydrogen) atoms. The molecule has 0 unspecified atom stereocenters.